The number of nitrogens with one attached hydrogen (secondary N) is 2. The van der Waals surface area contributed by atoms with E-state index in [0.717, 1.165) is 11.3 Å². The maximum atomic E-state index is 12.0. The second-order valence-corrected chi connectivity index (χ2v) is 5.62. The fourth-order valence-corrected chi connectivity index (χ4v) is 2.21. The lowest BCUT2D eigenvalue weighted by Crippen LogP contribution is -2.23. The van der Waals surface area contributed by atoms with Gasteiger partial charge in [0.2, 0.25) is 17.7 Å². The Morgan fingerprint density at radius 3 is 2.92 bits per heavy atom. The molecule has 0 aliphatic carbocycles. The zero-order valence-corrected chi connectivity index (χ0v) is 14.3. The molecular formula is C17H19N7O2. The van der Waals surface area contributed by atoms with Gasteiger partial charge >= 0.3 is 0 Å². The first kappa shape index (κ1) is 17.3. The molecule has 9 nitrogen and oxygen atoms in total. The van der Waals surface area contributed by atoms with Crippen LogP contribution in [0, 0.1) is 6.92 Å². The highest BCUT2D eigenvalue weighted by Crippen LogP contribution is 2.22. The minimum atomic E-state index is -0.119. The van der Waals surface area contributed by atoms with Gasteiger partial charge in [0.1, 0.15) is 11.6 Å². The molecule has 0 atom stereocenters. The van der Waals surface area contributed by atoms with Crippen LogP contribution in [-0.2, 0) is 17.8 Å². The summed E-state index contributed by atoms with van der Waals surface area (Å²) in [5.74, 6) is 1.65. The van der Waals surface area contributed by atoms with Crippen molar-refractivity contribution in [1.82, 2.24) is 30.5 Å². The summed E-state index contributed by atoms with van der Waals surface area (Å²) in [5.41, 5.74) is 7.10. The molecule has 0 aromatic carbocycles. The highest BCUT2D eigenvalue weighted by molar-refractivity contribution is 5.76. The fourth-order valence-electron chi connectivity index (χ4n) is 2.21. The number of ether oxygens (including phenoxy) is 1. The molecular weight excluding hydrogens is 334 g/mol. The Bertz CT molecular complexity index is 877. The molecule has 0 unspecified atom stereocenters. The van der Waals surface area contributed by atoms with Crippen molar-refractivity contribution in [2.75, 3.05) is 5.73 Å². The summed E-state index contributed by atoms with van der Waals surface area (Å²) in [6.45, 7) is 2.21. The molecule has 26 heavy (non-hydrogen) atoms. The molecule has 0 fully saturated rings. The third-order valence-electron chi connectivity index (χ3n) is 3.56. The topological polar surface area (TPSA) is 132 Å². The van der Waals surface area contributed by atoms with E-state index in [9.17, 15) is 4.79 Å². The first-order valence-electron chi connectivity index (χ1n) is 8.08. The number of nitrogens with zero attached hydrogens (tertiary/aromatic N) is 4. The molecule has 0 saturated carbocycles. The predicted octanol–water partition coefficient (Wildman–Crippen LogP) is 1.53. The van der Waals surface area contributed by atoms with Gasteiger partial charge in [-0.1, -0.05) is 6.07 Å². The van der Waals surface area contributed by atoms with E-state index in [1.807, 2.05) is 25.1 Å². The average molecular weight is 353 g/mol. The molecule has 0 spiro atoms. The number of hydrogen-bond acceptors (Lipinski definition) is 7. The van der Waals surface area contributed by atoms with E-state index in [0.29, 0.717) is 30.4 Å². The summed E-state index contributed by atoms with van der Waals surface area (Å²) in [4.78, 5) is 24.4. The number of H-pyrrole nitrogens is 1. The van der Waals surface area contributed by atoms with Crippen LogP contribution in [0.1, 0.15) is 23.5 Å². The van der Waals surface area contributed by atoms with Crippen LogP contribution in [0.5, 0.6) is 11.6 Å². The zero-order chi connectivity index (χ0) is 18.4. The lowest BCUT2D eigenvalue weighted by molar-refractivity contribution is -0.121. The Labute approximate surface area is 150 Å². The predicted molar refractivity (Wildman–Crippen MR) is 94.2 cm³/mol. The second kappa shape index (κ2) is 8.06. The summed E-state index contributed by atoms with van der Waals surface area (Å²) < 4.78 is 5.77. The number of nitrogen functional groups attached to an aromatic ring is 1. The minimum Gasteiger partial charge on any atom is -0.437 e. The van der Waals surface area contributed by atoms with Crippen LogP contribution in [-0.4, -0.2) is 31.1 Å². The van der Waals surface area contributed by atoms with Gasteiger partial charge in [-0.25, -0.2) is 4.98 Å². The SMILES string of the molecule is Cc1ccc(Oc2ncccc2CNC(=O)CCc2nc(N)n[nH]2)cn1. The van der Waals surface area contributed by atoms with Gasteiger partial charge in [-0.2, -0.15) is 4.98 Å². The number of aryl methyl sites for hydroxylation is 2. The second-order valence-electron chi connectivity index (χ2n) is 5.62. The van der Waals surface area contributed by atoms with Gasteiger partial charge in [-0.15, -0.1) is 5.10 Å². The van der Waals surface area contributed by atoms with Gasteiger partial charge in [0.05, 0.1) is 6.20 Å². The summed E-state index contributed by atoms with van der Waals surface area (Å²) in [6.07, 6.45) is 3.97. The van der Waals surface area contributed by atoms with Crippen LogP contribution in [0.25, 0.3) is 0 Å². The highest BCUT2D eigenvalue weighted by Gasteiger charge is 2.09. The first-order chi connectivity index (χ1) is 12.6. The van der Waals surface area contributed by atoms with Gasteiger partial charge in [-0.05, 0) is 25.1 Å². The van der Waals surface area contributed by atoms with Crippen LogP contribution in [0.3, 0.4) is 0 Å². The smallest absolute Gasteiger partial charge is 0.239 e. The molecule has 1 amide bonds. The van der Waals surface area contributed by atoms with E-state index in [1.165, 1.54) is 0 Å². The van der Waals surface area contributed by atoms with E-state index in [2.05, 4.69) is 30.5 Å². The van der Waals surface area contributed by atoms with Gasteiger partial charge in [-0.3, -0.25) is 14.9 Å². The number of aromatic amines is 1. The van der Waals surface area contributed by atoms with Crippen LogP contribution < -0.4 is 15.8 Å². The number of carbonyl (C=O) groups excluding carboxylic acids is 1. The maximum absolute atomic E-state index is 12.0. The van der Waals surface area contributed by atoms with Crippen LogP contribution >= 0.6 is 0 Å². The number of amides is 1. The molecule has 3 aromatic heterocycles. The van der Waals surface area contributed by atoms with E-state index < -0.39 is 0 Å². The summed E-state index contributed by atoms with van der Waals surface area (Å²) >= 11 is 0. The average Bonchev–Trinajstić information content (AvgIpc) is 3.06. The Hall–Kier alpha value is -3.49. The normalized spacial score (nSPS) is 10.5. The molecule has 4 N–H and O–H groups in total. The van der Waals surface area contributed by atoms with Crippen molar-refractivity contribution in [3.05, 3.63) is 53.7 Å². The van der Waals surface area contributed by atoms with Gasteiger partial charge in [0.25, 0.3) is 0 Å². The van der Waals surface area contributed by atoms with Crippen LogP contribution in [0.15, 0.2) is 36.7 Å². The largest absolute Gasteiger partial charge is 0.437 e. The quantitative estimate of drug-likeness (QED) is 0.587. The third-order valence-corrected chi connectivity index (χ3v) is 3.56. The van der Waals surface area contributed by atoms with Crippen LogP contribution in [0.4, 0.5) is 5.95 Å². The number of carbonyl (C=O) groups is 1. The molecule has 3 aromatic rings. The molecule has 3 rings (SSSR count). The molecule has 3 heterocycles. The maximum Gasteiger partial charge on any atom is 0.239 e. The zero-order valence-electron chi connectivity index (χ0n) is 14.3. The third kappa shape index (κ3) is 4.76. The van der Waals surface area contributed by atoms with Crippen molar-refractivity contribution in [3.8, 4) is 11.6 Å². The standard InChI is InChI=1S/C17H19N7O2/c1-11-4-5-13(10-20-11)26-16-12(3-2-8-19-16)9-21-15(25)7-6-14-22-17(18)24-23-14/h2-5,8,10H,6-7,9H2,1H3,(H,21,25)(H3,18,22,23,24). The summed E-state index contributed by atoms with van der Waals surface area (Å²) in [7, 11) is 0. The van der Waals surface area contributed by atoms with E-state index >= 15 is 0 Å². The number of rotatable bonds is 7. The number of anilines is 1. The Kier molecular flexibility index (Phi) is 5.37. The summed E-state index contributed by atoms with van der Waals surface area (Å²) in [5, 5.41) is 9.24. The number of aromatic nitrogens is 5. The number of hydrogen-bond donors (Lipinski definition) is 3. The molecule has 9 heteroatoms. The van der Waals surface area contributed by atoms with Gasteiger partial charge < -0.3 is 15.8 Å². The van der Waals surface area contributed by atoms with Crippen molar-refractivity contribution in [2.24, 2.45) is 0 Å². The summed E-state index contributed by atoms with van der Waals surface area (Å²) in [6, 6.07) is 7.32. The number of pyridine rings is 2. The van der Waals surface area contributed by atoms with E-state index in [-0.39, 0.29) is 18.3 Å². The molecule has 0 aliphatic heterocycles. The van der Waals surface area contributed by atoms with Crippen molar-refractivity contribution in [2.45, 2.75) is 26.3 Å². The minimum absolute atomic E-state index is 0.119. The Morgan fingerprint density at radius 1 is 1.31 bits per heavy atom. The first-order valence-corrected chi connectivity index (χ1v) is 8.08. The Balaban J connectivity index is 1.55. The van der Waals surface area contributed by atoms with Gasteiger partial charge in [0.15, 0.2) is 0 Å². The molecule has 0 radical (unpaired) electrons. The lowest BCUT2D eigenvalue weighted by Gasteiger charge is -2.10. The van der Waals surface area contributed by atoms with E-state index in [1.54, 1.807) is 18.5 Å². The van der Waals surface area contributed by atoms with Crippen molar-refractivity contribution < 1.29 is 9.53 Å². The van der Waals surface area contributed by atoms with Gasteiger partial charge in [0, 0.05) is 36.8 Å². The molecule has 0 bridgehead atoms. The van der Waals surface area contributed by atoms with Crippen LogP contribution in [0.2, 0.25) is 0 Å². The van der Waals surface area contributed by atoms with E-state index in [4.69, 9.17) is 10.5 Å². The molecule has 134 valence electrons. The van der Waals surface area contributed by atoms with Crippen molar-refractivity contribution in [3.63, 3.8) is 0 Å². The number of nitrogens with two attached hydrogens (primary N) is 1. The molecule has 0 aliphatic rings. The van der Waals surface area contributed by atoms with Crippen molar-refractivity contribution in [1.29, 1.82) is 0 Å². The monoisotopic (exact) mass is 353 g/mol. The Morgan fingerprint density at radius 2 is 2.19 bits per heavy atom. The van der Waals surface area contributed by atoms with Crippen molar-refractivity contribution >= 4 is 11.9 Å². The molecule has 0 saturated heterocycles. The lowest BCUT2D eigenvalue weighted by atomic mass is 10.2. The highest BCUT2D eigenvalue weighted by atomic mass is 16.5. The fraction of sp³-hybridized carbons (Fsp3) is 0.235.